The molecule has 0 amide bonds. The summed E-state index contributed by atoms with van der Waals surface area (Å²) in [6, 6.07) is 8.26. The Morgan fingerprint density at radius 1 is 1.29 bits per heavy atom. The Balaban J connectivity index is 2.18. The van der Waals surface area contributed by atoms with Gasteiger partial charge in [0.15, 0.2) is 10.7 Å². The number of imidazole rings is 1. The van der Waals surface area contributed by atoms with E-state index < -0.39 is 5.97 Å². The van der Waals surface area contributed by atoms with Gasteiger partial charge in [0.1, 0.15) is 0 Å². The number of aromatic carboxylic acids is 1. The summed E-state index contributed by atoms with van der Waals surface area (Å²) >= 11 is 1.46. The minimum absolute atomic E-state index is 0.245. The van der Waals surface area contributed by atoms with Crippen LogP contribution >= 0.6 is 11.3 Å². The molecule has 0 unspecified atom stereocenters. The summed E-state index contributed by atoms with van der Waals surface area (Å²) in [5.74, 6) is -0.468. The van der Waals surface area contributed by atoms with Crippen LogP contribution in [0.1, 0.15) is 41.5 Å². The van der Waals surface area contributed by atoms with Crippen LogP contribution < -0.4 is 0 Å². The second-order valence-electron chi connectivity index (χ2n) is 5.37. The van der Waals surface area contributed by atoms with Gasteiger partial charge in [-0.3, -0.25) is 4.40 Å². The molecule has 1 N–H and O–H groups in total. The molecule has 2 heterocycles. The maximum absolute atomic E-state index is 11.5. The summed E-state index contributed by atoms with van der Waals surface area (Å²) in [5, 5.41) is 11.4. The van der Waals surface area contributed by atoms with Crippen LogP contribution in [-0.2, 0) is 0 Å². The van der Waals surface area contributed by atoms with Crippen LogP contribution in [0.4, 0.5) is 0 Å². The van der Waals surface area contributed by atoms with Gasteiger partial charge in [0.25, 0.3) is 0 Å². The number of benzene rings is 1. The van der Waals surface area contributed by atoms with Gasteiger partial charge in [0, 0.05) is 5.38 Å². The number of carbonyl (C=O) groups is 1. The highest BCUT2D eigenvalue weighted by Gasteiger charge is 2.20. The SMILES string of the molecule is Cc1nc2scc(-c3ccc(C(C)C)cc3)n2c1C(=O)O. The standard InChI is InChI=1S/C16H16N2O2S/c1-9(2)11-4-6-12(7-5-11)13-8-21-16-17-10(3)14(15(19)20)18(13)16/h4-9H,1-3H3,(H,19,20). The highest BCUT2D eigenvalue weighted by atomic mass is 32.1. The normalized spacial score (nSPS) is 11.4. The summed E-state index contributed by atoms with van der Waals surface area (Å²) in [5.41, 5.74) is 3.95. The van der Waals surface area contributed by atoms with Crippen molar-refractivity contribution in [2.45, 2.75) is 26.7 Å². The van der Waals surface area contributed by atoms with Crippen molar-refractivity contribution in [1.29, 1.82) is 0 Å². The van der Waals surface area contributed by atoms with Crippen molar-refractivity contribution < 1.29 is 9.90 Å². The van der Waals surface area contributed by atoms with Gasteiger partial charge in [-0.1, -0.05) is 38.1 Å². The lowest BCUT2D eigenvalue weighted by atomic mass is 10.0. The van der Waals surface area contributed by atoms with E-state index in [1.54, 1.807) is 11.3 Å². The molecule has 0 fully saturated rings. The molecule has 1 aromatic carbocycles. The largest absolute Gasteiger partial charge is 0.477 e. The second-order valence-corrected chi connectivity index (χ2v) is 6.20. The van der Waals surface area contributed by atoms with E-state index >= 15 is 0 Å². The molecule has 108 valence electrons. The molecule has 4 nitrogen and oxygen atoms in total. The first kappa shape index (κ1) is 13.8. The molecule has 0 saturated heterocycles. The van der Waals surface area contributed by atoms with E-state index in [0.717, 1.165) is 11.3 Å². The Labute approximate surface area is 126 Å². The van der Waals surface area contributed by atoms with Gasteiger partial charge >= 0.3 is 5.97 Å². The lowest BCUT2D eigenvalue weighted by molar-refractivity contribution is 0.0688. The number of carboxylic acid groups (broad SMARTS) is 1. The van der Waals surface area contributed by atoms with Crippen molar-refractivity contribution in [3.05, 3.63) is 46.6 Å². The van der Waals surface area contributed by atoms with E-state index in [-0.39, 0.29) is 5.69 Å². The quantitative estimate of drug-likeness (QED) is 0.789. The number of hydrogen-bond acceptors (Lipinski definition) is 3. The fourth-order valence-corrected chi connectivity index (χ4v) is 3.40. The van der Waals surface area contributed by atoms with Crippen molar-refractivity contribution in [3.63, 3.8) is 0 Å². The van der Waals surface area contributed by atoms with Crippen LogP contribution in [-0.4, -0.2) is 20.5 Å². The number of aromatic nitrogens is 2. The number of carboxylic acids is 1. The van der Waals surface area contributed by atoms with Gasteiger partial charge in [-0.05, 0) is 24.0 Å². The van der Waals surface area contributed by atoms with E-state index in [9.17, 15) is 9.90 Å². The zero-order chi connectivity index (χ0) is 15.1. The fraction of sp³-hybridized carbons (Fsp3) is 0.250. The first-order valence-corrected chi connectivity index (χ1v) is 7.67. The van der Waals surface area contributed by atoms with E-state index in [2.05, 4.69) is 31.0 Å². The molecule has 0 spiro atoms. The predicted octanol–water partition coefficient (Wildman–Crippen LogP) is 4.19. The fourth-order valence-electron chi connectivity index (χ4n) is 2.45. The Hall–Kier alpha value is -2.14. The molecule has 3 aromatic rings. The van der Waals surface area contributed by atoms with E-state index in [0.29, 0.717) is 16.6 Å². The lowest BCUT2D eigenvalue weighted by Crippen LogP contribution is -2.04. The molecule has 0 bridgehead atoms. The lowest BCUT2D eigenvalue weighted by Gasteiger charge is -2.07. The minimum atomic E-state index is -0.946. The van der Waals surface area contributed by atoms with Crippen LogP contribution in [0.5, 0.6) is 0 Å². The average molecular weight is 300 g/mol. The molecule has 5 heteroatoms. The Kier molecular flexibility index (Phi) is 3.29. The van der Waals surface area contributed by atoms with Crippen LogP contribution in [0.25, 0.3) is 16.2 Å². The number of nitrogens with zero attached hydrogens (tertiary/aromatic N) is 2. The van der Waals surface area contributed by atoms with Crippen molar-refractivity contribution in [3.8, 4) is 11.3 Å². The van der Waals surface area contributed by atoms with E-state index in [4.69, 9.17) is 0 Å². The molecule has 0 aliphatic heterocycles. The molecule has 0 radical (unpaired) electrons. The maximum Gasteiger partial charge on any atom is 0.354 e. The third-order valence-corrected chi connectivity index (χ3v) is 4.44. The van der Waals surface area contributed by atoms with Gasteiger partial charge < -0.3 is 5.11 Å². The van der Waals surface area contributed by atoms with Crippen LogP contribution in [0.2, 0.25) is 0 Å². The number of aryl methyl sites for hydroxylation is 1. The molecular weight excluding hydrogens is 284 g/mol. The Bertz CT molecular complexity index is 813. The zero-order valence-corrected chi connectivity index (χ0v) is 12.9. The van der Waals surface area contributed by atoms with Crippen molar-refractivity contribution in [2.24, 2.45) is 0 Å². The molecular formula is C16H16N2O2S. The number of fused-ring (bicyclic) bond motifs is 1. The van der Waals surface area contributed by atoms with Crippen LogP contribution in [0.15, 0.2) is 29.6 Å². The summed E-state index contributed by atoms with van der Waals surface area (Å²) in [4.78, 5) is 16.5. The topological polar surface area (TPSA) is 54.6 Å². The summed E-state index contributed by atoms with van der Waals surface area (Å²) in [6.45, 7) is 6.04. The van der Waals surface area contributed by atoms with E-state index in [1.165, 1.54) is 16.9 Å². The number of hydrogen-bond donors (Lipinski definition) is 1. The Morgan fingerprint density at radius 2 is 1.95 bits per heavy atom. The highest BCUT2D eigenvalue weighted by Crippen LogP contribution is 2.29. The third-order valence-electron chi connectivity index (χ3n) is 3.61. The monoisotopic (exact) mass is 300 g/mol. The number of thiazole rings is 1. The van der Waals surface area contributed by atoms with Crippen molar-refractivity contribution in [2.75, 3.05) is 0 Å². The molecule has 0 saturated carbocycles. The molecule has 2 aromatic heterocycles. The summed E-state index contributed by atoms with van der Waals surface area (Å²) in [7, 11) is 0. The summed E-state index contributed by atoms with van der Waals surface area (Å²) in [6.07, 6.45) is 0. The van der Waals surface area contributed by atoms with Gasteiger partial charge in [-0.15, -0.1) is 11.3 Å². The van der Waals surface area contributed by atoms with Crippen molar-refractivity contribution in [1.82, 2.24) is 9.38 Å². The summed E-state index contributed by atoms with van der Waals surface area (Å²) < 4.78 is 1.73. The smallest absolute Gasteiger partial charge is 0.354 e. The highest BCUT2D eigenvalue weighted by molar-refractivity contribution is 7.15. The zero-order valence-electron chi connectivity index (χ0n) is 12.1. The Morgan fingerprint density at radius 3 is 2.52 bits per heavy atom. The minimum Gasteiger partial charge on any atom is -0.477 e. The predicted molar refractivity (Wildman–Crippen MR) is 84.3 cm³/mol. The molecule has 0 atom stereocenters. The van der Waals surface area contributed by atoms with Gasteiger partial charge in [-0.2, -0.15) is 0 Å². The van der Waals surface area contributed by atoms with Gasteiger partial charge in [0.2, 0.25) is 0 Å². The van der Waals surface area contributed by atoms with Gasteiger partial charge in [0.05, 0.1) is 11.4 Å². The average Bonchev–Trinajstić information content (AvgIpc) is 2.96. The molecule has 3 rings (SSSR count). The van der Waals surface area contributed by atoms with Gasteiger partial charge in [-0.25, -0.2) is 9.78 Å². The molecule has 0 aliphatic rings. The maximum atomic E-state index is 11.5. The van der Waals surface area contributed by atoms with Crippen LogP contribution in [0, 0.1) is 6.92 Å². The number of rotatable bonds is 3. The first-order chi connectivity index (χ1) is 9.99. The second kappa shape index (κ2) is 5.00. The van der Waals surface area contributed by atoms with E-state index in [1.807, 2.05) is 17.5 Å². The third kappa shape index (κ3) is 2.23. The van der Waals surface area contributed by atoms with Crippen LogP contribution in [0.3, 0.4) is 0 Å². The molecule has 21 heavy (non-hydrogen) atoms. The molecule has 0 aliphatic carbocycles. The first-order valence-electron chi connectivity index (χ1n) is 6.79. The van der Waals surface area contributed by atoms with Crippen molar-refractivity contribution >= 4 is 22.3 Å².